The zero-order valence-corrected chi connectivity index (χ0v) is 12.5. The average molecular weight is 296 g/mol. The first-order valence-corrected chi connectivity index (χ1v) is 7.05. The Morgan fingerprint density at radius 2 is 2.19 bits per heavy atom. The molecule has 1 atom stereocenters. The van der Waals surface area contributed by atoms with Crippen molar-refractivity contribution in [3.8, 4) is 0 Å². The van der Waals surface area contributed by atoms with Gasteiger partial charge in [0.2, 0.25) is 5.82 Å². The van der Waals surface area contributed by atoms with Crippen LogP contribution in [-0.2, 0) is 11.3 Å². The third kappa shape index (κ3) is 2.34. The van der Waals surface area contributed by atoms with Gasteiger partial charge in [-0.05, 0) is 40.0 Å². The van der Waals surface area contributed by atoms with Gasteiger partial charge >= 0.3 is 11.7 Å². The summed E-state index contributed by atoms with van der Waals surface area (Å²) in [6.45, 7) is 5.98. The molecule has 1 aromatic heterocycles. The lowest BCUT2D eigenvalue weighted by atomic mass is 9.88. The third-order valence-corrected chi connectivity index (χ3v) is 4.16. The Hall–Kier alpha value is -2.12. The van der Waals surface area contributed by atoms with Crippen LogP contribution in [0.15, 0.2) is 0 Å². The van der Waals surface area contributed by atoms with Crippen molar-refractivity contribution in [3.05, 3.63) is 15.8 Å². The second kappa shape index (κ2) is 5.34. The maximum absolute atomic E-state index is 11.7. The molecule has 8 nitrogen and oxygen atoms in total. The van der Waals surface area contributed by atoms with Gasteiger partial charge in [0.25, 0.3) is 0 Å². The molecule has 1 saturated heterocycles. The Bertz CT molecular complexity index is 583. The van der Waals surface area contributed by atoms with Crippen LogP contribution >= 0.6 is 0 Å². The number of rotatable bonds is 4. The first-order chi connectivity index (χ1) is 9.82. The second-order valence-electron chi connectivity index (χ2n) is 5.52. The number of aryl methyl sites for hydroxylation is 2. The number of hydrogen-bond donors (Lipinski definition) is 1. The number of carboxylic acids is 1. The number of nitrogens with zero attached hydrogens (tertiary/aromatic N) is 4. The Balaban J connectivity index is 2.63. The van der Waals surface area contributed by atoms with Gasteiger partial charge in [0.15, 0.2) is 0 Å². The van der Waals surface area contributed by atoms with E-state index in [0.717, 1.165) is 12.8 Å². The molecule has 2 rings (SSSR count). The lowest BCUT2D eigenvalue weighted by Gasteiger charge is -2.42. The van der Waals surface area contributed by atoms with Gasteiger partial charge < -0.3 is 10.0 Å². The van der Waals surface area contributed by atoms with Crippen LogP contribution in [0, 0.1) is 17.0 Å². The fraction of sp³-hybridized carbons (Fsp3) is 0.692. The summed E-state index contributed by atoms with van der Waals surface area (Å²) in [7, 11) is 0. The highest BCUT2D eigenvalue weighted by molar-refractivity contribution is 5.84. The largest absolute Gasteiger partial charge is 0.480 e. The zero-order valence-electron chi connectivity index (χ0n) is 12.5. The highest BCUT2D eigenvalue weighted by Gasteiger charge is 2.46. The normalized spacial score (nSPS) is 22.3. The fourth-order valence-electron chi connectivity index (χ4n) is 2.94. The first-order valence-electron chi connectivity index (χ1n) is 7.05. The molecule has 0 saturated carbocycles. The van der Waals surface area contributed by atoms with E-state index in [9.17, 15) is 20.0 Å². The summed E-state index contributed by atoms with van der Waals surface area (Å²) in [6.07, 6.45) is 2.08. The van der Waals surface area contributed by atoms with E-state index in [1.165, 1.54) is 4.68 Å². The van der Waals surface area contributed by atoms with Gasteiger partial charge in [-0.1, -0.05) is 0 Å². The molecule has 0 amide bonds. The van der Waals surface area contributed by atoms with Gasteiger partial charge in [-0.2, -0.15) is 5.10 Å². The molecule has 1 aliphatic rings. The first kappa shape index (κ1) is 15.3. The van der Waals surface area contributed by atoms with Crippen LogP contribution in [0.1, 0.15) is 38.8 Å². The Morgan fingerprint density at radius 3 is 2.71 bits per heavy atom. The summed E-state index contributed by atoms with van der Waals surface area (Å²) in [5, 5.41) is 25.2. The molecule has 116 valence electrons. The number of anilines is 1. The lowest BCUT2D eigenvalue weighted by molar-refractivity contribution is -0.384. The van der Waals surface area contributed by atoms with E-state index in [1.807, 2.05) is 6.92 Å². The molecule has 8 heteroatoms. The number of nitro groups is 1. The zero-order chi connectivity index (χ0) is 15.8. The van der Waals surface area contributed by atoms with Crippen molar-refractivity contribution >= 4 is 17.5 Å². The molecule has 0 radical (unpaired) electrons. The maximum Gasteiger partial charge on any atom is 0.333 e. The van der Waals surface area contributed by atoms with Crippen molar-refractivity contribution in [2.45, 2.75) is 52.1 Å². The number of piperidine rings is 1. The highest BCUT2D eigenvalue weighted by atomic mass is 16.6. The third-order valence-electron chi connectivity index (χ3n) is 4.16. The molecule has 0 aliphatic carbocycles. The van der Waals surface area contributed by atoms with Crippen LogP contribution < -0.4 is 4.90 Å². The number of aromatic nitrogens is 2. The number of carbonyl (C=O) groups is 1. The van der Waals surface area contributed by atoms with E-state index in [0.29, 0.717) is 31.0 Å². The van der Waals surface area contributed by atoms with E-state index in [2.05, 4.69) is 5.10 Å². The highest BCUT2D eigenvalue weighted by Crippen LogP contribution is 2.39. The summed E-state index contributed by atoms with van der Waals surface area (Å²) in [6, 6.07) is 0. The monoisotopic (exact) mass is 296 g/mol. The van der Waals surface area contributed by atoms with E-state index in [-0.39, 0.29) is 5.69 Å². The summed E-state index contributed by atoms with van der Waals surface area (Å²) >= 11 is 0. The lowest BCUT2D eigenvalue weighted by Crippen LogP contribution is -2.56. The van der Waals surface area contributed by atoms with Crippen LogP contribution in [0.5, 0.6) is 0 Å². The summed E-state index contributed by atoms with van der Waals surface area (Å²) in [5.41, 5.74) is -0.913. The molecule has 21 heavy (non-hydrogen) atoms. The van der Waals surface area contributed by atoms with Crippen LogP contribution in [-0.4, -0.2) is 37.9 Å². The molecule has 0 spiro atoms. The Kier molecular flexibility index (Phi) is 3.89. The molecular formula is C13H20N4O4. The molecule has 2 heterocycles. The molecule has 1 fully saturated rings. The molecule has 1 N–H and O–H groups in total. The quantitative estimate of drug-likeness (QED) is 0.673. The molecule has 0 aromatic carbocycles. The predicted octanol–water partition coefficient (Wildman–Crippen LogP) is 1.95. The van der Waals surface area contributed by atoms with E-state index in [1.54, 1.807) is 18.7 Å². The maximum atomic E-state index is 11.7. The topological polar surface area (TPSA) is 101 Å². The minimum atomic E-state index is -1.14. The van der Waals surface area contributed by atoms with Gasteiger partial charge in [0.1, 0.15) is 11.2 Å². The molecule has 0 bridgehead atoms. The van der Waals surface area contributed by atoms with Gasteiger partial charge in [0, 0.05) is 13.1 Å². The molecule has 1 aromatic rings. The van der Waals surface area contributed by atoms with Crippen LogP contribution in [0.3, 0.4) is 0 Å². The Labute approximate surface area is 122 Å². The number of carboxylic acid groups (broad SMARTS) is 1. The summed E-state index contributed by atoms with van der Waals surface area (Å²) < 4.78 is 1.53. The van der Waals surface area contributed by atoms with Crippen molar-refractivity contribution in [2.24, 2.45) is 0 Å². The van der Waals surface area contributed by atoms with Crippen LogP contribution in [0.4, 0.5) is 11.5 Å². The minimum absolute atomic E-state index is 0.0915. The SMILES string of the molecule is CCn1nc(C)c([N+](=O)[O-])c1N1CCCCC1(C)C(=O)O. The van der Waals surface area contributed by atoms with Crippen molar-refractivity contribution in [1.29, 1.82) is 0 Å². The number of hydrogen-bond acceptors (Lipinski definition) is 5. The van der Waals surface area contributed by atoms with Crippen molar-refractivity contribution < 1.29 is 14.8 Å². The van der Waals surface area contributed by atoms with Gasteiger partial charge in [-0.25, -0.2) is 9.48 Å². The van der Waals surface area contributed by atoms with Crippen LogP contribution in [0.2, 0.25) is 0 Å². The number of aliphatic carboxylic acids is 1. The Morgan fingerprint density at radius 1 is 1.52 bits per heavy atom. The van der Waals surface area contributed by atoms with E-state index in [4.69, 9.17) is 0 Å². The van der Waals surface area contributed by atoms with Crippen molar-refractivity contribution in [1.82, 2.24) is 9.78 Å². The molecule has 1 aliphatic heterocycles. The fourth-order valence-corrected chi connectivity index (χ4v) is 2.94. The smallest absolute Gasteiger partial charge is 0.333 e. The predicted molar refractivity (Wildman–Crippen MR) is 76.5 cm³/mol. The van der Waals surface area contributed by atoms with Crippen molar-refractivity contribution in [3.63, 3.8) is 0 Å². The van der Waals surface area contributed by atoms with Crippen molar-refractivity contribution in [2.75, 3.05) is 11.4 Å². The summed E-state index contributed by atoms with van der Waals surface area (Å²) in [4.78, 5) is 24.2. The van der Waals surface area contributed by atoms with Crippen LogP contribution in [0.25, 0.3) is 0 Å². The average Bonchev–Trinajstić information content (AvgIpc) is 2.75. The van der Waals surface area contributed by atoms with E-state index < -0.39 is 16.4 Å². The minimum Gasteiger partial charge on any atom is -0.480 e. The molecule has 1 unspecified atom stereocenters. The van der Waals surface area contributed by atoms with Gasteiger partial charge in [-0.3, -0.25) is 10.1 Å². The van der Waals surface area contributed by atoms with E-state index >= 15 is 0 Å². The standard InChI is InChI=1S/C13H20N4O4/c1-4-16-11(10(17(20)21)9(2)14-16)15-8-6-5-7-13(15,3)12(18)19/h4-8H2,1-3H3,(H,18,19). The van der Waals surface area contributed by atoms with Gasteiger partial charge in [0.05, 0.1) is 4.92 Å². The second-order valence-corrected chi connectivity index (χ2v) is 5.52. The van der Waals surface area contributed by atoms with Gasteiger partial charge in [-0.15, -0.1) is 0 Å². The summed E-state index contributed by atoms with van der Waals surface area (Å²) in [5.74, 6) is -0.650. The molecular weight excluding hydrogens is 276 g/mol.